The minimum absolute atomic E-state index is 0.188. The van der Waals surface area contributed by atoms with E-state index < -0.39 is 12.1 Å². The summed E-state index contributed by atoms with van der Waals surface area (Å²) in [6.45, 7) is 4.68. The van der Waals surface area contributed by atoms with Crippen LogP contribution in [0.15, 0.2) is 40.9 Å². The number of nitrogens with zero attached hydrogens (tertiary/aromatic N) is 1. The first kappa shape index (κ1) is 22.9. The van der Waals surface area contributed by atoms with E-state index >= 15 is 0 Å². The van der Waals surface area contributed by atoms with Crippen molar-refractivity contribution in [2.45, 2.75) is 58.0 Å². The largest absolute Gasteiger partial charge is 0.364 e. The van der Waals surface area contributed by atoms with Gasteiger partial charge in [0.1, 0.15) is 17.8 Å². The molecule has 2 heterocycles. The summed E-state index contributed by atoms with van der Waals surface area (Å²) in [6, 6.07) is 8.34. The average Bonchev–Trinajstić information content (AvgIpc) is 3.42. The third kappa shape index (κ3) is 5.91. The molecule has 7 nitrogen and oxygen atoms in total. The van der Waals surface area contributed by atoms with Crippen LogP contribution in [-0.4, -0.2) is 24.5 Å². The molecule has 2 aromatic rings. The van der Waals surface area contributed by atoms with E-state index in [0.29, 0.717) is 17.1 Å². The normalized spacial score (nSPS) is 19.9. The Bertz CT molecular complexity index is 894. The number of hydrogen-bond acceptors (Lipinski definition) is 6. The lowest BCUT2D eigenvalue weighted by Crippen LogP contribution is -2.46. The van der Waals surface area contributed by atoms with Crippen LogP contribution in [0.1, 0.15) is 67.1 Å². The Labute approximate surface area is 187 Å². The second kappa shape index (κ2) is 11.0. The molecule has 0 saturated heterocycles. The summed E-state index contributed by atoms with van der Waals surface area (Å²) in [5.41, 5.74) is 1.62. The molecular weight excluding hydrogens is 412 g/mol. The molecule has 0 bridgehead atoms. The zero-order valence-corrected chi connectivity index (χ0v) is 18.8. The fraction of sp³-hybridized carbons (Fsp3) is 0.478. The van der Waals surface area contributed by atoms with Crippen LogP contribution in [0.25, 0.3) is 0 Å². The van der Waals surface area contributed by atoms with Crippen molar-refractivity contribution in [2.24, 2.45) is 11.1 Å². The Kier molecular flexibility index (Phi) is 8.17. The van der Waals surface area contributed by atoms with Crippen LogP contribution in [0, 0.1) is 10.8 Å². The van der Waals surface area contributed by atoms with Gasteiger partial charge in [-0.25, -0.2) is 0 Å². The first-order chi connectivity index (χ1) is 15.0. The van der Waals surface area contributed by atoms with Crippen molar-refractivity contribution in [3.8, 4) is 0 Å². The zero-order chi connectivity index (χ0) is 22.2. The van der Waals surface area contributed by atoms with Gasteiger partial charge in [0.25, 0.3) is 5.91 Å². The summed E-state index contributed by atoms with van der Waals surface area (Å²) >= 11 is 1.33. The molecule has 1 aliphatic carbocycles. The predicted molar refractivity (Wildman–Crippen MR) is 125 cm³/mol. The number of likely N-dealkylation sites (N-methyl/N-ethyl adjacent to an activating group) is 1. The van der Waals surface area contributed by atoms with Gasteiger partial charge in [0.15, 0.2) is 0 Å². The Morgan fingerprint density at radius 3 is 2.55 bits per heavy atom. The van der Waals surface area contributed by atoms with E-state index in [9.17, 15) is 14.5 Å². The van der Waals surface area contributed by atoms with E-state index in [-0.39, 0.29) is 17.5 Å². The standard InChI is InChI=1S/C16H16N4O3S.C7H14/c1-2-17-16(22)13-10-6-5-9(20-23)8-11(10)18-14(13)19-15(21)12-4-3-7-24-12;1-7-5-3-2-4-6-7/h3-8,13-14,18H,2H2,1H3,(H,17,22)(H,19,21);7H,2-6H2,1H3. The summed E-state index contributed by atoms with van der Waals surface area (Å²) < 4.78 is 0. The second-order valence-electron chi connectivity index (χ2n) is 8.05. The van der Waals surface area contributed by atoms with Gasteiger partial charge in [-0.1, -0.05) is 51.2 Å². The maximum atomic E-state index is 12.5. The molecule has 166 valence electrons. The van der Waals surface area contributed by atoms with Crippen LogP contribution >= 0.6 is 11.3 Å². The summed E-state index contributed by atoms with van der Waals surface area (Å²) in [5.74, 6) is 0.0173. The van der Waals surface area contributed by atoms with E-state index in [2.05, 4.69) is 28.1 Å². The number of anilines is 1. The highest BCUT2D eigenvalue weighted by atomic mass is 32.1. The summed E-state index contributed by atoms with van der Waals surface area (Å²) in [4.78, 5) is 36.1. The smallest absolute Gasteiger partial charge is 0.262 e. The Morgan fingerprint density at radius 2 is 1.97 bits per heavy atom. The Balaban J connectivity index is 0.000000330. The topological polar surface area (TPSA) is 99.7 Å². The van der Waals surface area contributed by atoms with E-state index in [0.717, 1.165) is 11.5 Å². The van der Waals surface area contributed by atoms with Gasteiger partial charge in [-0.3, -0.25) is 9.59 Å². The Morgan fingerprint density at radius 1 is 1.19 bits per heavy atom. The minimum atomic E-state index is -0.594. The van der Waals surface area contributed by atoms with Crippen molar-refractivity contribution in [3.05, 3.63) is 51.1 Å². The van der Waals surface area contributed by atoms with Crippen LogP contribution in [0.2, 0.25) is 0 Å². The number of nitroso groups, excluding NO2 is 1. The maximum Gasteiger partial charge on any atom is 0.262 e. The first-order valence-corrected chi connectivity index (χ1v) is 11.8. The van der Waals surface area contributed by atoms with Gasteiger partial charge in [0.2, 0.25) is 5.91 Å². The molecule has 8 heteroatoms. The fourth-order valence-electron chi connectivity index (χ4n) is 4.05. The molecular formula is C23H30N4O3S. The first-order valence-electron chi connectivity index (χ1n) is 10.9. The average molecular weight is 443 g/mol. The van der Waals surface area contributed by atoms with Gasteiger partial charge in [0, 0.05) is 12.2 Å². The zero-order valence-electron chi connectivity index (χ0n) is 18.0. The highest BCUT2D eigenvalue weighted by molar-refractivity contribution is 7.12. The fourth-order valence-corrected chi connectivity index (χ4v) is 4.68. The number of hydrogen-bond donors (Lipinski definition) is 3. The molecule has 1 aromatic heterocycles. The SMILES string of the molecule is CC1CCCCC1.CCNC(=O)C1c2ccc(N=O)cc2NC1NC(=O)c1cccs1. The molecule has 1 saturated carbocycles. The maximum absolute atomic E-state index is 12.5. The van der Waals surface area contributed by atoms with Crippen molar-refractivity contribution < 1.29 is 9.59 Å². The quantitative estimate of drug-likeness (QED) is 0.559. The molecule has 2 unspecified atom stereocenters. The molecule has 1 aromatic carbocycles. The van der Waals surface area contributed by atoms with Gasteiger partial charge >= 0.3 is 0 Å². The molecule has 3 N–H and O–H groups in total. The molecule has 4 rings (SSSR count). The minimum Gasteiger partial charge on any atom is -0.364 e. The van der Waals surface area contributed by atoms with Crippen LogP contribution in [0.3, 0.4) is 0 Å². The summed E-state index contributed by atoms with van der Waals surface area (Å²) in [6.07, 6.45) is 6.84. The van der Waals surface area contributed by atoms with Crippen molar-refractivity contribution in [2.75, 3.05) is 11.9 Å². The van der Waals surface area contributed by atoms with Crippen LogP contribution in [-0.2, 0) is 4.79 Å². The Hall–Kier alpha value is -2.74. The molecule has 2 aliphatic rings. The molecule has 0 spiro atoms. The van der Waals surface area contributed by atoms with Crippen molar-refractivity contribution in [1.82, 2.24) is 10.6 Å². The third-order valence-corrected chi connectivity index (χ3v) is 6.55. The number of carbonyl (C=O) groups excluding carboxylic acids is 2. The van der Waals surface area contributed by atoms with Crippen molar-refractivity contribution in [3.63, 3.8) is 0 Å². The lowest BCUT2D eigenvalue weighted by atomic mass is 9.91. The summed E-state index contributed by atoms with van der Waals surface area (Å²) in [5, 5.41) is 13.5. The molecule has 31 heavy (non-hydrogen) atoms. The van der Waals surface area contributed by atoms with Crippen LogP contribution in [0.5, 0.6) is 0 Å². The van der Waals surface area contributed by atoms with E-state index in [1.807, 2.05) is 12.3 Å². The number of carbonyl (C=O) groups is 2. The van der Waals surface area contributed by atoms with Gasteiger partial charge < -0.3 is 16.0 Å². The number of thiophene rings is 1. The predicted octanol–water partition coefficient (Wildman–Crippen LogP) is 5.13. The van der Waals surface area contributed by atoms with Crippen molar-refractivity contribution >= 4 is 34.5 Å². The number of nitrogens with one attached hydrogen (secondary N) is 3. The molecule has 0 radical (unpaired) electrons. The van der Waals surface area contributed by atoms with Crippen molar-refractivity contribution in [1.29, 1.82) is 0 Å². The number of benzene rings is 1. The van der Waals surface area contributed by atoms with E-state index in [4.69, 9.17) is 0 Å². The second-order valence-corrected chi connectivity index (χ2v) is 9.00. The van der Waals surface area contributed by atoms with Gasteiger partial charge in [-0.2, -0.15) is 0 Å². The highest BCUT2D eigenvalue weighted by Crippen LogP contribution is 2.37. The van der Waals surface area contributed by atoms with Gasteiger partial charge in [-0.05, 0) is 47.2 Å². The molecule has 1 aliphatic heterocycles. The van der Waals surface area contributed by atoms with E-state index in [1.165, 1.54) is 43.4 Å². The highest BCUT2D eigenvalue weighted by Gasteiger charge is 2.38. The third-order valence-electron chi connectivity index (χ3n) is 5.68. The number of amides is 2. The monoisotopic (exact) mass is 442 g/mol. The number of fused-ring (bicyclic) bond motifs is 1. The summed E-state index contributed by atoms with van der Waals surface area (Å²) in [7, 11) is 0. The lowest BCUT2D eigenvalue weighted by Gasteiger charge is -2.20. The molecule has 2 amide bonds. The van der Waals surface area contributed by atoms with Gasteiger partial charge in [0.05, 0.1) is 4.88 Å². The van der Waals surface area contributed by atoms with E-state index in [1.54, 1.807) is 30.3 Å². The lowest BCUT2D eigenvalue weighted by molar-refractivity contribution is -0.122. The number of rotatable bonds is 5. The molecule has 2 atom stereocenters. The van der Waals surface area contributed by atoms with Crippen LogP contribution in [0.4, 0.5) is 11.4 Å². The molecule has 1 fully saturated rings. The van der Waals surface area contributed by atoms with Gasteiger partial charge in [-0.15, -0.1) is 16.2 Å². The van der Waals surface area contributed by atoms with Crippen LogP contribution < -0.4 is 16.0 Å².